The van der Waals surface area contributed by atoms with Gasteiger partial charge >= 0.3 is 18.3 Å². The highest BCUT2D eigenvalue weighted by atomic mass is 19.4. The molecule has 0 unspecified atom stereocenters. The molecule has 1 amide bonds. The van der Waals surface area contributed by atoms with Gasteiger partial charge in [0.2, 0.25) is 0 Å². The van der Waals surface area contributed by atoms with Gasteiger partial charge in [-0.3, -0.25) is 9.48 Å². The van der Waals surface area contributed by atoms with E-state index in [0.717, 1.165) is 26.1 Å². The summed E-state index contributed by atoms with van der Waals surface area (Å²) in [5, 5.41) is 13.5. The molecular formula is C18H15F8N7O. The third kappa shape index (κ3) is 4.00. The van der Waals surface area contributed by atoms with Crippen LogP contribution in [0.4, 0.5) is 35.1 Å². The van der Waals surface area contributed by atoms with Crippen molar-refractivity contribution in [3.63, 3.8) is 0 Å². The minimum atomic E-state index is -6.31. The fourth-order valence-corrected chi connectivity index (χ4v) is 3.26. The number of hydrogen-bond donors (Lipinski definition) is 1. The predicted octanol–water partition coefficient (Wildman–Crippen LogP) is 3.57. The average molecular weight is 497 g/mol. The van der Waals surface area contributed by atoms with Gasteiger partial charge in [0.25, 0.3) is 5.91 Å². The number of nitrogens with zero attached hydrogens (tertiary/aromatic N) is 6. The fraction of sp³-hybridized carbons (Fsp3) is 0.444. The van der Waals surface area contributed by atoms with Crippen molar-refractivity contribution < 1.29 is 39.9 Å². The zero-order valence-electron chi connectivity index (χ0n) is 17.3. The van der Waals surface area contributed by atoms with E-state index < -0.39 is 41.3 Å². The number of amides is 1. The molecule has 0 aliphatic heterocycles. The highest BCUT2D eigenvalue weighted by molar-refractivity contribution is 5.94. The van der Waals surface area contributed by atoms with Crippen LogP contribution in [0.3, 0.4) is 0 Å². The molecule has 0 radical (unpaired) electrons. The largest absolute Gasteiger partial charge is 0.459 e. The van der Waals surface area contributed by atoms with Crippen LogP contribution < -0.4 is 5.32 Å². The number of rotatable bonds is 5. The van der Waals surface area contributed by atoms with Crippen molar-refractivity contribution in [1.29, 1.82) is 0 Å². The van der Waals surface area contributed by atoms with Gasteiger partial charge in [-0.25, -0.2) is 9.36 Å². The summed E-state index contributed by atoms with van der Waals surface area (Å²) in [7, 11) is 2.24. The van der Waals surface area contributed by atoms with Crippen molar-refractivity contribution >= 4 is 5.91 Å². The van der Waals surface area contributed by atoms with Crippen molar-refractivity contribution in [1.82, 2.24) is 34.7 Å². The monoisotopic (exact) mass is 497 g/mol. The Morgan fingerprint density at radius 2 is 1.62 bits per heavy atom. The van der Waals surface area contributed by atoms with Crippen LogP contribution in [0.5, 0.6) is 0 Å². The van der Waals surface area contributed by atoms with E-state index in [1.54, 1.807) is 0 Å². The number of nitrogens with one attached hydrogen (secondary N) is 1. The Hall–Kier alpha value is -3.46. The van der Waals surface area contributed by atoms with Crippen molar-refractivity contribution in [2.24, 2.45) is 14.1 Å². The number of aryl methyl sites for hydroxylation is 2. The minimum absolute atomic E-state index is 0.0553. The summed E-state index contributed by atoms with van der Waals surface area (Å²) in [4.78, 5) is 12.3. The summed E-state index contributed by atoms with van der Waals surface area (Å²) in [5.41, 5.74) is -4.62. The van der Waals surface area contributed by atoms with Gasteiger partial charge < -0.3 is 5.32 Å². The summed E-state index contributed by atoms with van der Waals surface area (Å²) in [6.07, 6.45) is -9.32. The molecule has 3 heterocycles. The Morgan fingerprint density at radius 3 is 2.18 bits per heavy atom. The molecular weight excluding hydrogens is 482 g/mol. The molecule has 0 bridgehead atoms. The van der Waals surface area contributed by atoms with E-state index in [1.165, 1.54) is 23.9 Å². The molecule has 1 fully saturated rings. The normalized spacial score (nSPS) is 15.1. The highest BCUT2D eigenvalue weighted by Crippen LogP contribution is 2.49. The van der Waals surface area contributed by atoms with Crippen LogP contribution in [0.2, 0.25) is 0 Å². The van der Waals surface area contributed by atoms with Crippen LogP contribution in [0.1, 0.15) is 34.6 Å². The fourth-order valence-electron chi connectivity index (χ4n) is 3.26. The molecule has 34 heavy (non-hydrogen) atoms. The maximum absolute atomic E-state index is 13.9. The van der Waals surface area contributed by atoms with Crippen molar-refractivity contribution in [3.8, 4) is 17.2 Å². The molecule has 1 saturated carbocycles. The van der Waals surface area contributed by atoms with Gasteiger partial charge in [-0.1, -0.05) is 0 Å². The smallest absolute Gasteiger partial charge is 0.348 e. The zero-order chi connectivity index (χ0) is 25.2. The number of carbonyl (C=O) groups is 1. The van der Waals surface area contributed by atoms with Crippen LogP contribution in [0.15, 0.2) is 18.3 Å². The predicted molar refractivity (Wildman–Crippen MR) is 98.0 cm³/mol. The second-order valence-corrected chi connectivity index (χ2v) is 7.67. The van der Waals surface area contributed by atoms with Gasteiger partial charge in [-0.15, -0.1) is 0 Å². The zero-order valence-corrected chi connectivity index (χ0v) is 17.3. The Kier molecular flexibility index (Phi) is 5.24. The molecule has 0 atom stereocenters. The molecule has 0 aromatic carbocycles. The number of aromatic nitrogens is 6. The van der Waals surface area contributed by atoms with Gasteiger partial charge in [0, 0.05) is 26.3 Å². The summed E-state index contributed by atoms with van der Waals surface area (Å²) in [6.45, 7) is 0. The molecule has 1 N–H and O–H groups in total. The molecule has 16 heteroatoms. The Bertz CT molecular complexity index is 1250. The Morgan fingerprint density at radius 1 is 0.971 bits per heavy atom. The van der Waals surface area contributed by atoms with Gasteiger partial charge in [-0.2, -0.15) is 50.4 Å². The lowest BCUT2D eigenvalue weighted by Gasteiger charge is -2.19. The maximum atomic E-state index is 13.9. The highest BCUT2D eigenvalue weighted by Gasteiger charge is 2.64. The van der Waals surface area contributed by atoms with Gasteiger partial charge in [-0.05, 0) is 25.0 Å². The topological polar surface area (TPSA) is 82.6 Å². The van der Waals surface area contributed by atoms with E-state index in [4.69, 9.17) is 0 Å². The van der Waals surface area contributed by atoms with Crippen molar-refractivity contribution in [3.05, 3.63) is 35.3 Å². The van der Waals surface area contributed by atoms with Crippen LogP contribution in [0, 0.1) is 0 Å². The lowest BCUT2D eigenvalue weighted by molar-refractivity contribution is -0.292. The van der Waals surface area contributed by atoms with Crippen LogP contribution in [-0.4, -0.2) is 47.5 Å². The molecule has 4 rings (SSSR count). The van der Waals surface area contributed by atoms with E-state index in [0.29, 0.717) is 4.68 Å². The SMILES string of the molecule is Cn1nc(-c2ccn(-c3c(C(F)(F)F)c(C(F)(F)C(F)(F)F)nn3C)n2)cc1C(=O)NC1CC1. The first-order chi connectivity index (χ1) is 15.6. The Balaban J connectivity index is 1.77. The van der Waals surface area contributed by atoms with Crippen LogP contribution >= 0.6 is 0 Å². The first-order valence-electron chi connectivity index (χ1n) is 9.61. The number of halogens is 8. The lowest BCUT2D eigenvalue weighted by atomic mass is 10.1. The van der Waals surface area contributed by atoms with Crippen molar-refractivity contribution in [2.75, 3.05) is 0 Å². The molecule has 1 aliphatic rings. The number of hydrogen-bond acceptors (Lipinski definition) is 4. The summed E-state index contributed by atoms with van der Waals surface area (Å²) in [5.74, 6) is -7.44. The van der Waals surface area contributed by atoms with Gasteiger partial charge in [0.05, 0.1) is 0 Å². The van der Waals surface area contributed by atoms with Crippen LogP contribution in [-0.2, 0) is 26.2 Å². The minimum Gasteiger partial charge on any atom is -0.348 e. The standard InChI is InChI=1S/C18H15F8N7O/c1-31-11(14(34)27-8-3-4-8)7-10(28-31)9-5-6-33(29-9)15-12(17(21,22)23)13(30-32(15)2)16(19,20)18(24,25)26/h5-8H,3-4H2,1-2H3,(H,27,34). The first kappa shape index (κ1) is 23.7. The molecule has 184 valence electrons. The molecule has 3 aromatic heterocycles. The average Bonchev–Trinajstić information content (AvgIpc) is 3.10. The third-order valence-electron chi connectivity index (χ3n) is 5.05. The second kappa shape index (κ2) is 7.53. The molecule has 8 nitrogen and oxygen atoms in total. The van der Waals surface area contributed by atoms with Crippen molar-refractivity contribution in [2.45, 2.75) is 37.2 Å². The number of alkyl halides is 8. The first-order valence-corrected chi connectivity index (χ1v) is 9.61. The Labute approximate surface area is 185 Å². The molecule has 0 saturated heterocycles. The van der Waals surface area contributed by atoms with Gasteiger partial charge in [0.1, 0.15) is 22.6 Å². The third-order valence-corrected chi connectivity index (χ3v) is 5.05. The van der Waals surface area contributed by atoms with E-state index in [1.807, 2.05) is 0 Å². The molecule has 0 spiro atoms. The van der Waals surface area contributed by atoms with Crippen LogP contribution in [0.25, 0.3) is 17.2 Å². The molecule has 1 aliphatic carbocycles. The lowest BCUT2D eigenvalue weighted by Crippen LogP contribution is -2.36. The van der Waals surface area contributed by atoms with E-state index in [9.17, 15) is 39.9 Å². The number of carbonyl (C=O) groups excluding carboxylic acids is 1. The maximum Gasteiger partial charge on any atom is 0.459 e. The van der Waals surface area contributed by atoms with E-state index in [-0.39, 0.29) is 27.8 Å². The quantitative estimate of drug-likeness (QED) is 0.547. The van der Waals surface area contributed by atoms with E-state index >= 15 is 0 Å². The van der Waals surface area contributed by atoms with Gasteiger partial charge in [0.15, 0.2) is 11.5 Å². The summed E-state index contributed by atoms with van der Waals surface area (Å²) in [6, 6.07) is 2.54. The van der Waals surface area contributed by atoms with E-state index in [2.05, 4.69) is 20.6 Å². The second-order valence-electron chi connectivity index (χ2n) is 7.67. The molecule has 3 aromatic rings. The summed E-state index contributed by atoms with van der Waals surface area (Å²) >= 11 is 0. The summed E-state index contributed by atoms with van der Waals surface area (Å²) < 4.78 is 109.